The van der Waals surface area contributed by atoms with Crippen molar-refractivity contribution in [2.24, 2.45) is 0 Å². The zero-order chi connectivity index (χ0) is 14.7. The monoisotopic (exact) mass is 298 g/mol. The van der Waals surface area contributed by atoms with Gasteiger partial charge in [-0.1, -0.05) is 103 Å². The molecule has 0 nitrogen and oxygen atoms in total. The molecule has 0 aliphatic carbocycles. The lowest BCUT2D eigenvalue weighted by molar-refractivity contribution is 0.533. The van der Waals surface area contributed by atoms with Crippen molar-refractivity contribution < 1.29 is 0 Å². The summed E-state index contributed by atoms with van der Waals surface area (Å²) in [4.78, 5) is 0. The fourth-order valence-electron chi connectivity index (χ4n) is 2.71. The summed E-state index contributed by atoms with van der Waals surface area (Å²) in [6.45, 7) is 2.29. The topological polar surface area (TPSA) is 0 Å². The van der Waals surface area contributed by atoms with Crippen LogP contribution >= 0.6 is 12.6 Å². The van der Waals surface area contributed by atoms with Crippen molar-refractivity contribution in [2.75, 3.05) is 0 Å². The van der Waals surface area contributed by atoms with Gasteiger partial charge in [0.05, 0.1) is 0 Å². The number of rotatable bonds is 16. The van der Waals surface area contributed by atoms with Gasteiger partial charge in [-0.2, -0.15) is 12.6 Å². The van der Waals surface area contributed by atoms with Crippen molar-refractivity contribution in [3.8, 4) is 0 Å². The number of allylic oxidation sites excluding steroid dienone is 1. The Morgan fingerprint density at radius 2 is 0.900 bits per heavy atom. The third-order valence-electron chi connectivity index (χ3n) is 4.08. The van der Waals surface area contributed by atoms with Gasteiger partial charge in [-0.05, 0) is 18.2 Å². The van der Waals surface area contributed by atoms with Crippen LogP contribution in [0.3, 0.4) is 0 Å². The lowest BCUT2D eigenvalue weighted by atomic mass is 10.0. The van der Waals surface area contributed by atoms with E-state index in [2.05, 4.69) is 25.6 Å². The molecule has 0 rings (SSSR count). The van der Waals surface area contributed by atoms with Crippen LogP contribution in [-0.4, -0.2) is 0 Å². The maximum absolute atomic E-state index is 4.07. The third-order valence-corrected chi connectivity index (χ3v) is 4.29. The molecule has 0 aromatic heterocycles. The summed E-state index contributed by atoms with van der Waals surface area (Å²) in [6, 6.07) is 0. The molecule has 0 atom stereocenters. The average Bonchev–Trinajstić information content (AvgIpc) is 2.47. The fourth-order valence-corrected chi connectivity index (χ4v) is 2.86. The van der Waals surface area contributed by atoms with Gasteiger partial charge in [0.25, 0.3) is 0 Å². The number of unbranched alkanes of at least 4 members (excludes halogenated alkanes) is 15. The van der Waals surface area contributed by atoms with Crippen molar-refractivity contribution in [3.05, 3.63) is 11.5 Å². The van der Waals surface area contributed by atoms with Crippen LogP contribution in [0.25, 0.3) is 0 Å². The fraction of sp³-hybridized carbons (Fsp3) is 0.895. The Kier molecular flexibility index (Phi) is 19.2. The summed E-state index contributed by atoms with van der Waals surface area (Å²) in [7, 11) is 0. The molecule has 1 heteroatoms. The first-order valence-corrected chi connectivity index (χ1v) is 9.72. The van der Waals surface area contributed by atoms with E-state index in [-0.39, 0.29) is 0 Å². The smallest absolute Gasteiger partial charge is 0.0343 e. The Morgan fingerprint density at radius 1 is 0.550 bits per heavy atom. The second-order valence-electron chi connectivity index (χ2n) is 6.12. The lowest BCUT2D eigenvalue weighted by Crippen LogP contribution is -1.83. The second-order valence-corrected chi connectivity index (χ2v) is 6.42. The van der Waals surface area contributed by atoms with Crippen molar-refractivity contribution in [3.63, 3.8) is 0 Å². The molecule has 0 spiro atoms. The van der Waals surface area contributed by atoms with Crippen molar-refractivity contribution in [1.29, 1.82) is 0 Å². The number of hydrogen-bond acceptors (Lipinski definition) is 1. The van der Waals surface area contributed by atoms with Gasteiger partial charge in [0.2, 0.25) is 0 Å². The van der Waals surface area contributed by atoms with Crippen molar-refractivity contribution in [2.45, 2.75) is 110 Å². The summed E-state index contributed by atoms with van der Waals surface area (Å²) in [5.41, 5.74) is 0. The SMILES string of the molecule is CCCCCCCCCCCCCCCCC/C=C/S. The molecule has 0 saturated carbocycles. The first-order valence-electron chi connectivity index (χ1n) is 9.21. The molecule has 0 radical (unpaired) electrons. The highest BCUT2D eigenvalue weighted by atomic mass is 32.1. The Morgan fingerprint density at radius 3 is 1.25 bits per heavy atom. The number of hydrogen-bond donors (Lipinski definition) is 1. The van der Waals surface area contributed by atoms with E-state index in [1.54, 1.807) is 0 Å². The standard InChI is InChI=1S/C19H38S/c1-2-3-4-5-6-7-8-9-10-11-12-13-14-15-16-17-18-19-20/h18-20H,2-17H2,1H3/b19-18+. The minimum absolute atomic E-state index is 1.21. The van der Waals surface area contributed by atoms with Crippen LogP contribution < -0.4 is 0 Å². The van der Waals surface area contributed by atoms with E-state index in [1.165, 1.54) is 103 Å². The predicted octanol–water partition coefficient (Wildman–Crippen LogP) is 7.69. The summed E-state index contributed by atoms with van der Waals surface area (Å²) in [5.74, 6) is 0. The lowest BCUT2D eigenvalue weighted by Gasteiger charge is -2.03. The number of thiol groups is 1. The predicted molar refractivity (Wildman–Crippen MR) is 97.7 cm³/mol. The molecular formula is C19H38S. The van der Waals surface area contributed by atoms with E-state index in [0.29, 0.717) is 0 Å². The Labute approximate surface area is 134 Å². The van der Waals surface area contributed by atoms with E-state index < -0.39 is 0 Å². The Hall–Kier alpha value is 0.0900. The molecule has 0 aromatic rings. The highest BCUT2D eigenvalue weighted by Crippen LogP contribution is 2.13. The molecular weight excluding hydrogens is 260 g/mol. The van der Waals surface area contributed by atoms with Gasteiger partial charge in [-0.15, -0.1) is 0 Å². The van der Waals surface area contributed by atoms with E-state index >= 15 is 0 Å². The van der Waals surface area contributed by atoms with Crippen LogP contribution in [0.2, 0.25) is 0 Å². The molecule has 0 bridgehead atoms. The van der Waals surface area contributed by atoms with Crippen LogP contribution in [0, 0.1) is 0 Å². The molecule has 0 aliphatic rings. The normalized spacial score (nSPS) is 11.5. The van der Waals surface area contributed by atoms with E-state index in [0.717, 1.165) is 0 Å². The van der Waals surface area contributed by atoms with E-state index in [1.807, 2.05) is 5.41 Å². The minimum atomic E-state index is 1.21. The van der Waals surface area contributed by atoms with Gasteiger partial charge in [0.1, 0.15) is 0 Å². The molecule has 120 valence electrons. The average molecular weight is 299 g/mol. The molecule has 0 N–H and O–H groups in total. The summed E-state index contributed by atoms with van der Waals surface area (Å²) < 4.78 is 0. The van der Waals surface area contributed by atoms with Gasteiger partial charge in [0, 0.05) is 0 Å². The maximum Gasteiger partial charge on any atom is -0.0343 e. The second kappa shape index (κ2) is 19.1. The van der Waals surface area contributed by atoms with Gasteiger partial charge in [-0.3, -0.25) is 0 Å². The van der Waals surface area contributed by atoms with Crippen molar-refractivity contribution >= 4 is 12.6 Å². The largest absolute Gasteiger partial charge is 0.152 e. The summed E-state index contributed by atoms with van der Waals surface area (Å²) in [6.07, 6.45) is 25.0. The summed E-state index contributed by atoms with van der Waals surface area (Å²) in [5, 5.41) is 1.86. The van der Waals surface area contributed by atoms with E-state index in [4.69, 9.17) is 0 Å². The van der Waals surface area contributed by atoms with E-state index in [9.17, 15) is 0 Å². The van der Waals surface area contributed by atoms with Crippen LogP contribution in [0.15, 0.2) is 11.5 Å². The van der Waals surface area contributed by atoms with Gasteiger partial charge >= 0.3 is 0 Å². The zero-order valence-electron chi connectivity index (χ0n) is 13.9. The van der Waals surface area contributed by atoms with Crippen molar-refractivity contribution in [1.82, 2.24) is 0 Å². The summed E-state index contributed by atoms with van der Waals surface area (Å²) >= 11 is 4.07. The van der Waals surface area contributed by atoms with Crippen LogP contribution in [0.5, 0.6) is 0 Å². The zero-order valence-corrected chi connectivity index (χ0v) is 14.8. The quantitative estimate of drug-likeness (QED) is 0.219. The molecule has 0 aliphatic heterocycles. The first kappa shape index (κ1) is 20.1. The molecule has 0 saturated heterocycles. The Balaban J connectivity index is 2.92. The molecule has 0 unspecified atom stereocenters. The van der Waals surface area contributed by atoms with Gasteiger partial charge in [0.15, 0.2) is 0 Å². The molecule has 0 heterocycles. The van der Waals surface area contributed by atoms with Crippen LogP contribution in [-0.2, 0) is 0 Å². The minimum Gasteiger partial charge on any atom is -0.152 e. The molecule has 0 aromatic carbocycles. The Bertz CT molecular complexity index is 186. The molecule has 20 heavy (non-hydrogen) atoms. The molecule has 0 fully saturated rings. The van der Waals surface area contributed by atoms with Gasteiger partial charge < -0.3 is 0 Å². The maximum atomic E-state index is 4.07. The van der Waals surface area contributed by atoms with Gasteiger partial charge in [-0.25, -0.2) is 0 Å². The first-order chi connectivity index (χ1) is 9.91. The highest BCUT2D eigenvalue weighted by molar-refractivity contribution is 7.83. The highest BCUT2D eigenvalue weighted by Gasteiger charge is 1.93. The van der Waals surface area contributed by atoms with Crippen LogP contribution in [0.4, 0.5) is 0 Å². The molecule has 0 amide bonds. The third kappa shape index (κ3) is 18.1. The van der Waals surface area contributed by atoms with Crippen LogP contribution in [0.1, 0.15) is 110 Å².